The molecule has 0 radical (unpaired) electrons. The molecule has 7 nitrogen and oxygen atoms in total. The van der Waals surface area contributed by atoms with Gasteiger partial charge in [0.15, 0.2) is 11.5 Å². The predicted octanol–water partition coefficient (Wildman–Crippen LogP) is 2.40. The third-order valence-electron chi connectivity index (χ3n) is 3.73. The van der Waals surface area contributed by atoms with Crippen LogP contribution in [-0.4, -0.2) is 42.4 Å². The molecule has 1 N–H and O–H groups in total. The molecule has 8 heteroatoms. The monoisotopic (exact) mass is 424 g/mol. The molecule has 0 aromatic heterocycles. The van der Waals surface area contributed by atoms with Crippen LogP contribution in [0.3, 0.4) is 0 Å². The lowest BCUT2D eigenvalue weighted by Crippen LogP contribution is -2.51. The van der Waals surface area contributed by atoms with Crippen LogP contribution >= 0.6 is 15.9 Å². The van der Waals surface area contributed by atoms with Crippen LogP contribution in [-0.2, 0) is 14.4 Å². The summed E-state index contributed by atoms with van der Waals surface area (Å²) in [4.78, 5) is 36.8. The fourth-order valence-corrected chi connectivity index (χ4v) is 2.99. The summed E-state index contributed by atoms with van der Waals surface area (Å²) in [5.74, 6) is -0.357. The van der Waals surface area contributed by atoms with E-state index in [2.05, 4.69) is 21.2 Å². The first-order chi connectivity index (χ1) is 12.1. The van der Waals surface area contributed by atoms with Gasteiger partial charge in [-0.15, -0.1) is 0 Å². The van der Waals surface area contributed by atoms with Crippen molar-refractivity contribution in [2.75, 3.05) is 13.7 Å². The molecule has 0 unspecified atom stereocenters. The normalized spacial score (nSPS) is 16.1. The first-order valence-electron chi connectivity index (χ1n) is 8.03. The molecule has 1 heterocycles. The van der Waals surface area contributed by atoms with Crippen LogP contribution < -0.4 is 14.8 Å². The van der Waals surface area contributed by atoms with E-state index in [4.69, 9.17) is 9.47 Å². The van der Waals surface area contributed by atoms with E-state index in [1.807, 2.05) is 20.8 Å². The molecule has 1 aromatic carbocycles. The second kappa shape index (κ2) is 7.90. The summed E-state index contributed by atoms with van der Waals surface area (Å²) in [5, 5.41) is 2.52. The van der Waals surface area contributed by atoms with Gasteiger partial charge in [-0.1, -0.05) is 0 Å². The van der Waals surface area contributed by atoms with Crippen molar-refractivity contribution >= 4 is 39.7 Å². The molecule has 1 saturated heterocycles. The Balaban J connectivity index is 2.55. The van der Waals surface area contributed by atoms with Crippen molar-refractivity contribution in [1.82, 2.24) is 10.2 Å². The minimum absolute atomic E-state index is 0.0252. The van der Waals surface area contributed by atoms with Crippen LogP contribution in [0.2, 0.25) is 0 Å². The Labute approximate surface area is 160 Å². The van der Waals surface area contributed by atoms with Crippen molar-refractivity contribution in [3.05, 3.63) is 27.4 Å². The Kier molecular flexibility index (Phi) is 6.07. The number of hydrogen-bond acceptors (Lipinski definition) is 5. The van der Waals surface area contributed by atoms with Gasteiger partial charge in [0.1, 0.15) is 12.2 Å². The molecule has 1 aromatic rings. The smallest absolute Gasteiger partial charge is 0.277 e. The average Bonchev–Trinajstić information content (AvgIpc) is 2.54. The molecular formula is C18H21BrN2O5. The Morgan fingerprint density at radius 2 is 2.04 bits per heavy atom. The van der Waals surface area contributed by atoms with E-state index in [0.29, 0.717) is 21.5 Å². The van der Waals surface area contributed by atoms with Crippen LogP contribution in [0.1, 0.15) is 31.9 Å². The number of nitrogens with one attached hydrogen (secondary N) is 1. The number of amides is 3. The fourth-order valence-electron chi connectivity index (χ4n) is 2.58. The van der Waals surface area contributed by atoms with Crippen molar-refractivity contribution in [1.29, 1.82) is 0 Å². The number of methoxy groups -OCH3 is 1. The molecule has 1 aliphatic rings. The number of carbonyl (C=O) groups excluding carboxylic acids is 3. The van der Waals surface area contributed by atoms with Gasteiger partial charge in [-0.2, -0.15) is 0 Å². The summed E-state index contributed by atoms with van der Waals surface area (Å²) in [6.07, 6.45) is 1.44. The first kappa shape index (κ1) is 20.0. The van der Waals surface area contributed by atoms with Crippen molar-refractivity contribution in [2.45, 2.75) is 33.8 Å². The number of hydrogen-bond donors (Lipinski definition) is 1. The summed E-state index contributed by atoms with van der Waals surface area (Å²) < 4.78 is 11.9. The molecule has 1 aliphatic heterocycles. The summed E-state index contributed by atoms with van der Waals surface area (Å²) in [7, 11) is 1.55. The zero-order valence-corrected chi connectivity index (χ0v) is 16.9. The average molecular weight is 425 g/mol. The standard InChI is InChI=1S/C18H21BrN2O5/c1-9(2)26-14-7-12(16(19)10(3)17(14)25-5)6-13-18(24)21(11(4)22)8-15(23)20-13/h6-7,9H,8H2,1-5H3,(H,20,23)/b13-6+. The minimum atomic E-state index is -0.552. The molecule has 0 atom stereocenters. The van der Waals surface area contributed by atoms with Gasteiger partial charge in [0.25, 0.3) is 5.91 Å². The summed E-state index contributed by atoms with van der Waals surface area (Å²) in [6, 6.07) is 1.72. The van der Waals surface area contributed by atoms with Gasteiger partial charge in [0, 0.05) is 17.0 Å². The van der Waals surface area contributed by atoms with Gasteiger partial charge < -0.3 is 14.8 Å². The topological polar surface area (TPSA) is 84.9 Å². The SMILES string of the molecule is COc1c(OC(C)C)cc(/C=C2/NC(=O)CN(C(C)=O)C2=O)c(Br)c1C. The zero-order valence-electron chi connectivity index (χ0n) is 15.3. The Bertz CT molecular complexity index is 801. The van der Waals surface area contributed by atoms with E-state index < -0.39 is 17.7 Å². The third kappa shape index (κ3) is 4.07. The maximum Gasteiger partial charge on any atom is 0.277 e. The highest BCUT2D eigenvalue weighted by atomic mass is 79.9. The summed E-state index contributed by atoms with van der Waals surface area (Å²) in [6.45, 7) is 6.60. The number of piperazine rings is 1. The summed E-state index contributed by atoms with van der Waals surface area (Å²) in [5.41, 5.74) is 1.43. The molecule has 1 fully saturated rings. The number of halogens is 1. The van der Waals surface area contributed by atoms with E-state index in [-0.39, 0.29) is 18.3 Å². The predicted molar refractivity (Wildman–Crippen MR) is 99.7 cm³/mol. The lowest BCUT2D eigenvalue weighted by atomic mass is 10.1. The van der Waals surface area contributed by atoms with E-state index in [1.165, 1.54) is 13.0 Å². The molecule has 2 rings (SSSR count). The van der Waals surface area contributed by atoms with Gasteiger partial charge in [0.05, 0.1) is 13.2 Å². The van der Waals surface area contributed by atoms with Gasteiger partial charge in [-0.3, -0.25) is 19.3 Å². The molecule has 140 valence electrons. The largest absolute Gasteiger partial charge is 0.493 e. The third-order valence-corrected chi connectivity index (χ3v) is 4.78. The maximum absolute atomic E-state index is 12.4. The molecule has 0 spiro atoms. The van der Waals surface area contributed by atoms with Crippen LogP contribution in [0.15, 0.2) is 16.2 Å². The highest BCUT2D eigenvalue weighted by Crippen LogP contribution is 2.39. The molecule has 0 aliphatic carbocycles. The quantitative estimate of drug-likeness (QED) is 0.749. The Morgan fingerprint density at radius 1 is 1.38 bits per heavy atom. The number of ether oxygens (including phenoxy) is 2. The second-order valence-corrected chi connectivity index (χ2v) is 6.91. The van der Waals surface area contributed by atoms with E-state index in [1.54, 1.807) is 13.2 Å². The second-order valence-electron chi connectivity index (χ2n) is 6.12. The number of nitrogens with zero attached hydrogens (tertiary/aromatic N) is 1. The number of imide groups is 1. The van der Waals surface area contributed by atoms with Crippen LogP contribution in [0.4, 0.5) is 0 Å². The van der Waals surface area contributed by atoms with Crippen molar-refractivity contribution in [3.8, 4) is 11.5 Å². The number of carbonyl (C=O) groups is 3. The highest BCUT2D eigenvalue weighted by Gasteiger charge is 2.31. The van der Waals surface area contributed by atoms with Gasteiger partial charge in [0.2, 0.25) is 11.8 Å². The van der Waals surface area contributed by atoms with Crippen molar-refractivity contribution in [3.63, 3.8) is 0 Å². The minimum Gasteiger partial charge on any atom is -0.493 e. The van der Waals surface area contributed by atoms with E-state index >= 15 is 0 Å². The van der Waals surface area contributed by atoms with Crippen LogP contribution in [0.25, 0.3) is 6.08 Å². The fraction of sp³-hybridized carbons (Fsp3) is 0.389. The number of benzene rings is 1. The molecule has 26 heavy (non-hydrogen) atoms. The number of rotatable bonds is 4. The van der Waals surface area contributed by atoms with Gasteiger partial charge in [-0.25, -0.2) is 0 Å². The molecular weight excluding hydrogens is 404 g/mol. The Morgan fingerprint density at radius 3 is 2.58 bits per heavy atom. The first-order valence-corrected chi connectivity index (χ1v) is 8.82. The highest BCUT2D eigenvalue weighted by molar-refractivity contribution is 9.10. The summed E-state index contributed by atoms with van der Waals surface area (Å²) >= 11 is 3.49. The lowest BCUT2D eigenvalue weighted by Gasteiger charge is -2.26. The molecule has 0 saturated carbocycles. The van der Waals surface area contributed by atoms with Crippen LogP contribution in [0, 0.1) is 6.92 Å². The van der Waals surface area contributed by atoms with Crippen molar-refractivity contribution < 1.29 is 23.9 Å². The zero-order chi connectivity index (χ0) is 19.6. The van der Waals surface area contributed by atoms with Crippen LogP contribution in [0.5, 0.6) is 11.5 Å². The van der Waals surface area contributed by atoms with Gasteiger partial charge >= 0.3 is 0 Å². The van der Waals surface area contributed by atoms with Crippen molar-refractivity contribution in [2.24, 2.45) is 0 Å². The molecule has 3 amide bonds. The van der Waals surface area contributed by atoms with Gasteiger partial charge in [-0.05, 0) is 54.4 Å². The van der Waals surface area contributed by atoms with E-state index in [9.17, 15) is 14.4 Å². The maximum atomic E-state index is 12.4. The molecule has 0 bridgehead atoms. The Hall–Kier alpha value is -2.35. The van der Waals surface area contributed by atoms with E-state index in [0.717, 1.165) is 10.5 Å². The lowest BCUT2D eigenvalue weighted by molar-refractivity contribution is -0.147.